The zero-order valence-corrected chi connectivity index (χ0v) is 11.4. The molecule has 1 amide bonds. The SMILES string of the molecule is Cc1cncc(NC(=O)C2CNCc3ccccc32)c1. The zero-order valence-electron chi connectivity index (χ0n) is 11.4. The molecule has 4 heteroatoms. The quantitative estimate of drug-likeness (QED) is 0.877. The summed E-state index contributed by atoms with van der Waals surface area (Å²) in [5.74, 6) is -0.141. The number of hydrogen-bond acceptors (Lipinski definition) is 3. The van der Waals surface area contributed by atoms with Gasteiger partial charge in [-0.25, -0.2) is 0 Å². The molecule has 1 aliphatic heterocycles. The molecule has 0 saturated carbocycles. The first kappa shape index (κ1) is 12.8. The van der Waals surface area contributed by atoms with Crippen LogP contribution in [-0.2, 0) is 11.3 Å². The van der Waals surface area contributed by atoms with Gasteiger partial charge in [-0.1, -0.05) is 24.3 Å². The van der Waals surface area contributed by atoms with E-state index in [1.54, 1.807) is 12.4 Å². The Labute approximate surface area is 118 Å². The Bertz CT molecular complexity index is 639. The highest BCUT2D eigenvalue weighted by Crippen LogP contribution is 2.25. The monoisotopic (exact) mass is 267 g/mol. The summed E-state index contributed by atoms with van der Waals surface area (Å²) < 4.78 is 0. The molecule has 102 valence electrons. The van der Waals surface area contributed by atoms with Gasteiger partial charge in [0.2, 0.25) is 5.91 Å². The molecular weight excluding hydrogens is 250 g/mol. The van der Waals surface area contributed by atoms with Crippen LogP contribution in [0.4, 0.5) is 5.69 Å². The molecule has 20 heavy (non-hydrogen) atoms. The molecule has 1 aliphatic rings. The fourth-order valence-electron chi connectivity index (χ4n) is 2.58. The van der Waals surface area contributed by atoms with Crippen LogP contribution in [-0.4, -0.2) is 17.4 Å². The third-order valence-corrected chi connectivity index (χ3v) is 3.55. The van der Waals surface area contributed by atoms with Crippen molar-refractivity contribution in [1.29, 1.82) is 0 Å². The number of aryl methyl sites for hydroxylation is 1. The Hall–Kier alpha value is -2.20. The van der Waals surface area contributed by atoms with Crippen LogP contribution in [0.25, 0.3) is 0 Å². The lowest BCUT2D eigenvalue weighted by atomic mass is 9.90. The molecule has 0 aliphatic carbocycles. The second-order valence-corrected chi connectivity index (χ2v) is 5.12. The molecule has 1 atom stereocenters. The van der Waals surface area contributed by atoms with E-state index in [9.17, 15) is 4.79 Å². The van der Waals surface area contributed by atoms with E-state index in [-0.39, 0.29) is 11.8 Å². The van der Waals surface area contributed by atoms with E-state index >= 15 is 0 Å². The van der Waals surface area contributed by atoms with E-state index in [0.29, 0.717) is 6.54 Å². The molecule has 0 bridgehead atoms. The molecule has 0 saturated heterocycles. The minimum absolute atomic E-state index is 0.0112. The van der Waals surface area contributed by atoms with E-state index in [1.165, 1.54) is 5.56 Å². The molecule has 4 nitrogen and oxygen atoms in total. The number of nitrogens with zero attached hydrogens (tertiary/aromatic N) is 1. The molecule has 0 spiro atoms. The van der Waals surface area contributed by atoms with Crippen LogP contribution < -0.4 is 10.6 Å². The van der Waals surface area contributed by atoms with Crippen molar-refractivity contribution in [2.75, 3.05) is 11.9 Å². The number of aromatic nitrogens is 1. The van der Waals surface area contributed by atoms with Gasteiger partial charge in [0.05, 0.1) is 17.8 Å². The summed E-state index contributed by atoms with van der Waals surface area (Å²) >= 11 is 0. The normalized spacial score (nSPS) is 17.4. The summed E-state index contributed by atoms with van der Waals surface area (Å²) in [7, 11) is 0. The van der Waals surface area contributed by atoms with E-state index < -0.39 is 0 Å². The van der Waals surface area contributed by atoms with Crippen LogP contribution in [0.2, 0.25) is 0 Å². The lowest BCUT2D eigenvalue weighted by Crippen LogP contribution is -2.35. The van der Waals surface area contributed by atoms with E-state index in [1.807, 2.05) is 31.2 Å². The topological polar surface area (TPSA) is 54.0 Å². The van der Waals surface area contributed by atoms with Gasteiger partial charge in [0.1, 0.15) is 0 Å². The fourth-order valence-corrected chi connectivity index (χ4v) is 2.58. The van der Waals surface area contributed by atoms with E-state index in [4.69, 9.17) is 0 Å². The average Bonchev–Trinajstić information content (AvgIpc) is 2.46. The number of amides is 1. The van der Waals surface area contributed by atoms with Crippen molar-refractivity contribution in [1.82, 2.24) is 10.3 Å². The number of anilines is 1. The highest BCUT2D eigenvalue weighted by Gasteiger charge is 2.25. The van der Waals surface area contributed by atoms with Gasteiger partial charge in [0.15, 0.2) is 0 Å². The number of hydrogen-bond donors (Lipinski definition) is 2. The van der Waals surface area contributed by atoms with Crippen molar-refractivity contribution in [3.63, 3.8) is 0 Å². The summed E-state index contributed by atoms with van der Waals surface area (Å²) in [6.07, 6.45) is 3.44. The summed E-state index contributed by atoms with van der Waals surface area (Å²) in [5, 5.41) is 6.24. The Morgan fingerprint density at radius 1 is 1.35 bits per heavy atom. The van der Waals surface area contributed by atoms with Crippen LogP contribution in [0, 0.1) is 6.92 Å². The van der Waals surface area contributed by atoms with Crippen LogP contribution in [0.3, 0.4) is 0 Å². The van der Waals surface area contributed by atoms with Crippen molar-refractivity contribution >= 4 is 11.6 Å². The zero-order chi connectivity index (χ0) is 13.9. The Morgan fingerprint density at radius 2 is 2.20 bits per heavy atom. The molecule has 1 aromatic heterocycles. The predicted molar refractivity (Wildman–Crippen MR) is 78.5 cm³/mol. The molecule has 0 radical (unpaired) electrons. The predicted octanol–water partition coefficient (Wildman–Crippen LogP) is 2.22. The first-order valence-electron chi connectivity index (χ1n) is 6.75. The van der Waals surface area contributed by atoms with Crippen molar-refractivity contribution < 1.29 is 4.79 Å². The first-order chi connectivity index (χ1) is 9.74. The van der Waals surface area contributed by atoms with Gasteiger partial charge in [-0.2, -0.15) is 0 Å². The molecule has 2 heterocycles. The second kappa shape index (κ2) is 5.43. The summed E-state index contributed by atoms with van der Waals surface area (Å²) in [4.78, 5) is 16.6. The standard InChI is InChI=1S/C16H17N3O/c1-11-6-13(9-17-7-11)19-16(20)15-10-18-8-12-4-2-3-5-14(12)15/h2-7,9,15,18H,8,10H2,1H3,(H,19,20). The maximum Gasteiger partial charge on any atom is 0.233 e. The molecule has 2 N–H and O–H groups in total. The number of benzene rings is 1. The molecule has 3 rings (SSSR count). The summed E-state index contributed by atoms with van der Waals surface area (Å²) in [6.45, 7) is 3.45. The van der Waals surface area contributed by atoms with Crippen molar-refractivity contribution in [2.24, 2.45) is 0 Å². The van der Waals surface area contributed by atoms with Crippen LogP contribution in [0.15, 0.2) is 42.7 Å². The largest absolute Gasteiger partial charge is 0.324 e. The number of pyridine rings is 1. The number of fused-ring (bicyclic) bond motifs is 1. The average molecular weight is 267 g/mol. The minimum Gasteiger partial charge on any atom is -0.324 e. The van der Waals surface area contributed by atoms with Gasteiger partial charge in [0, 0.05) is 19.3 Å². The van der Waals surface area contributed by atoms with Crippen molar-refractivity contribution in [3.8, 4) is 0 Å². The lowest BCUT2D eigenvalue weighted by molar-refractivity contribution is -0.117. The van der Waals surface area contributed by atoms with Crippen LogP contribution >= 0.6 is 0 Å². The van der Waals surface area contributed by atoms with Crippen molar-refractivity contribution in [3.05, 3.63) is 59.4 Å². The second-order valence-electron chi connectivity index (χ2n) is 5.12. The Kier molecular flexibility index (Phi) is 3.48. The van der Waals surface area contributed by atoms with Gasteiger partial charge >= 0.3 is 0 Å². The van der Waals surface area contributed by atoms with Gasteiger partial charge < -0.3 is 10.6 Å². The Balaban J connectivity index is 1.82. The van der Waals surface area contributed by atoms with E-state index in [0.717, 1.165) is 23.4 Å². The maximum absolute atomic E-state index is 12.5. The number of carbonyl (C=O) groups excluding carboxylic acids is 1. The molecule has 1 unspecified atom stereocenters. The minimum atomic E-state index is -0.152. The third kappa shape index (κ3) is 2.56. The van der Waals surface area contributed by atoms with E-state index in [2.05, 4.69) is 21.7 Å². The maximum atomic E-state index is 12.5. The van der Waals surface area contributed by atoms with Crippen LogP contribution in [0.5, 0.6) is 0 Å². The summed E-state index contributed by atoms with van der Waals surface area (Å²) in [5.41, 5.74) is 4.09. The smallest absolute Gasteiger partial charge is 0.233 e. The third-order valence-electron chi connectivity index (χ3n) is 3.55. The fraction of sp³-hybridized carbons (Fsp3) is 0.250. The first-order valence-corrected chi connectivity index (χ1v) is 6.75. The number of nitrogens with one attached hydrogen (secondary N) is 2. The number of rotatable bonds is 2. The molecule has 0 fully saturated rings. The molecule has 2 aromatic rings. The lowest BCUT2D eigenvalue weighted by Gasteiger charge is -2.25. The Morgan fingerprint density at radius 3 is 3.05 bits per heavy atom. The molecule has 1 aromatic carbocycles. The molecular formula is C16H17N3O. The summed E-state index contributed by atoms with van der Waals surface area (Å²) in [6, 6.07) is 10.0. The van der Waals surface area contributed by atoms with Gasteiger partial charge in [-0.3, -0.25) is 9.78 Å². The number of carbonyl (C=O) groups is 1. The van der Waals surface area contributed by atoms with Gasteiger partial charge in [-0.15, -0.1) is 0 Å². The van der Waals surface area contributed by atoms with Gasteiger partial charge in [-0.05, 0) is 29.7 Å². The highest BCUT2D eigenvalue weighted by molar-refractivity contribution is 5.96. The van der Waals surface area contributed by atoms with Crippen LogP contribution in [0.1, 0.15) is 22.6 Å². The highest BCUT2D eigenvalue weighted by atomic mass is 16.1. The van der Waals surface area contributed by atoms with Gasteiger partial charge in [0.25, 0.3) is 0 Å². The van der Waals surface area contributed by atoms with Crippen molar-refractivity contribution in [2.45, 2.75) is 19.4 Å².